The summed E-state index contributed by atoms with van der Waals surface area (Å²) in [7, 11) is -4.33. The molecule has 2 aromatic rings. The van der Waals surface area contributed by atoms with Gasteiger partial charge in [0.1, 0.15) is 28.6 Å². The molecule has 14 nitrogen and oxygen atoms in total. The van der Waals surface area contributed by atoms with E-state index in [0.29, 0.717) is 30.3 Å². The van der Waals surface area contributed by atoms with Crippen molar-refractivity contribution in [1.82, 2.24) is 35.9 Å². The number of sulfonamides is 1. The van der Waals surface area contributed by atoms with Crippen LogP contribution in [0, 0.1) is 33.5 Å². The van der Waals surface area contributed by atoms with Gasteiger partial charge in [-0.1, -0.05) is 85.8 Å². The van der Waals surface area contributed by atoms with Crippen LogP contribution in [0.5, 0.6) is 0 Å². The van der Waals surface area contributed by atoms with Crippen LogP contribution >= 0.6 is 0 Å². The normalized spacial score (nSPS) is 28.1. The highest BCUT2D eigenvalue weighted by atomic mass is 32.2. The first kappa shape index (κ1) is 43.9. The van der Waals surface area contributed by atoms with Crippen LogP contribution in [-0.4, -0.2) is 83.7 Å². The molecule has 5 aliphatic rings. The maximum absolute atomic E-state index is 15.2. The van der Waals surface area contributed by atoms with E-state index in [1.54, 1.807) is 29.3 Å². The minimum absolute atomic E-state index is 0.0298. The molecule has 6 N–H and O–H groups in total. The standard InChI is InChI=1S/C45H67N7O7S/c1-10-29-24-45(29,38(56)51-60(58,59)31-19-14-18-28-20-23-46-32(28)31)49-35(53)30-25-44(42(8,9)43(44)21-15-22-43)26-52(30)37(55)34(40(2,3)4)48-36(54)33(27-16-12-11-13-17-27)47-39(57)50-41(5,6)7/h14,18-20,23,27,29-30,33-34,46H,10-13,15-17,21-22,24-26H2,1-9H3,(H,48,54)(H,49,53)(H,51,56)(H2,47,50,57)/t29-,30+,33+,34-,44?,45-/m1/s1. The Kier molecular flexibility index (Phi) is 11.0. The number of nitrogens with zero attached hydrogens (tertiary/aromatic N) is 1. The molecule has 15 heteroatoms. The Morgan fingerprint density at radius 1 is 0.900 bits per heavy atom. The quantitative estimate of drug-likeness (QED) is 0.168. The Labute approximate surface area is 355 Å². The van der Waals surface area contributed by atoms with Gasteiger partial charge in [-0.2, -0.15) is 0 Å². The van der Waals surface area contributed by atoms with E-state index in [0.717, 1.165) is 51.4 Å². The van der Waals surface area contributed by atoms with Crippen molar-refractivity contribution in [3.63, 3.8) is 0 Å². The van der Waals surface area contributed by atoms with E-state index in [1.165, 1.54) is 6.07 Å². The molecule has 6 amide bonds. The second-order valence-corrected chi connectivity index (χ2v) is 22.9. The van der Waals surface area contributed by atoms with Crippen LogP contribution in [0.15, 0.2) is 35.4 Å². The Balaban J connectivity index is 1.16. The van der Waals surface area contributed by atoms with Gasteiger partial charge in [0.15, 0.2) is 0 Å². The van der Waals surface area contributed by atoms with Gasteiger partial charge < -0.3 is 31.2 Å². The number of fused-ring (bicyclic) bond motifs is 2. The first-order chi connectivity index (χ1) is 27.9. The molecule has 2 heterocycles. The van der Waals surface area contributed by atoms with Crippen molar-refractivity contribution in [2.75, 3.05) is 6.54 Å². The van der Waals surface area contributed by atoms with Crippen LogP contribution in [0.2, 0.25) is 0 Å². The summed E-state index contributed by atoms with van der Waals surface area (Å²) in [6.07, 6.45) is 10.3. The number of hydrogen-bond donors (Lipinski definition) is 6. The third kappa shape index (κ3) is 7.37. The van der Waals surface area contributed by atoms with Gasteiger partial charge in [-0.15, -0.1) is 0 Å². The molecule has 5 fully saturated rings. The van der Waals surface area contributed by atoms with Crippen molar-refractivity contribution in [3.05, 3.63) is 30.5 Å². The summed E-state index contributed by atoms with van der Waals surface area (Å²) in [5.74, 6) is -2.57. The number of urea groups is 1. The van der Waals surface area contributed by atoms with E-state index in [4.69, 9.17) is 0 Å². The van der Waals surface area contributed by atoms with Crippen molar-refractivity contribution in [1.29, 1.82) is 0 Å². The van der Waals surface area contributed by atoms with E-state index in [9.17, 15) is 27.6 Å². The van der Waals surface area contributed by atoms with Gasteiger partial charge in [-0.05, 0) is 99.5 Å². The monoisotopic (exact) mass is 849 g/mol. The predicted octanol–water partition coefficient (Wildman–Crippen LogP) is 5.63. The lowest BCUT2D eigenvalue weighted by Gasteiger charge is -2.38. The van der Waals surface area contributed by atoms with Gasteiger partial charge in [0.05, 0.1) is 5.52 Å². The molecule has 4 saturated carbocycles. The van der Waals surface area contributed by atoms with Gasteiger partial charge in [-0.3, -0.25) is 19.2 Å². The van der Waals surface area contributed by atoms with Gasteiger partial charge in [0, 0.05) is 29.1 Å². The lowest BCUT2D eigenvalue weighted by molar-refractivity contribution is -0.145. The van der Waals surface area contributed by atoms with Crippen LogP contribution in [0.1, 0.15) is 133 Å². The summed E-state index contributed by atoms with van der Waals surface area (Å²) >= 11 is 0. The highest BCUT2D eigenvalue weighted by Gasteiger charge is 2.85. The largest absolute Gasteiger partial charge is 0.360 e. The molecule has 330 valence electrons. The maximum Gasteiger partial charge on any atom is 0.315 e. The third-order valence-corrected chi connectivity index (χ3v) is 16.8. The van der Waals surface area contributed by atoms with E-state index in [1.807, 2.05) is 48.5 Å². The molecule has 1 unspecified atom stereocenters. The second-order valence-electron chi connectivity index (χ2n) is 21.3. The van der Waals surface area contributed by atoms with Crippen molar-refractivity contribution >= 4 is 50.6 Å². The summed E-state index contributed by atoms with van der Waals surface area (Å²) in [5, 5.41) is 12.6. The highest BCUT2D eigenvalue weighted by molar-refractivity contribution is 7.90. The summed E-state index contributed by atoms with van der Waals surface area (Å²) in [6, 6.07) is 3.23. The number of aromatic nitrogens is 1. The number of hydrogen-bond acceptors (Lipinski definition) is 7. The fourth-order valence-corrected chi connectivity index (χ4v) is 12.9. The Hall–Kier alpha value is -4.14. The number of para-hydroxylation sites is 1. The number of rotatable bonds is 11. The number of amides is 6. The van der Waals surface area contributed by atoms with E-state index in [2.05, 4.69) is 44.8 Å². The number of benzene rings is 1. The average Bonchev–Trinajstić information content (AvgIpc) is 3.66. The van der Waals surface area contributed by atoms with Gasteiger partial charge in [0.25, 0.3) is 15.9 Å². The van der Waals surface area contributed by atoms with Gasteiger partial charge >= 0.3 is 6.03 Å². The van der Waals surface area contributed by atoms with Crippen molar-refractivity contribution < 1.29 is 32.4 Å². The van der Waals surface area contributed by atoms with Gasteiger partial charge in [0.2, 0.25) is 17.7 Å². The molecule has 1 aromatic carbocycles. The summed E-state index contributed by atoms with van der Waals surface area (Å²) in [6.45, 7) is 17.9. The molecule has 1 aromatic heterocycles. The Bertz CT molecular complexity index is 2160. The minimum Gasteiger partial charge on any atom is -0.360 e. The summed E-state index contributed by atoms with van der Waals surface area (Å²) in [5.41, 5.74) is -2.96. The lowest BCUT2D eigenvalue weighted by Crippen LogP contribution is -2.63. The zero-order chi connectivity index (χ0) is 43.8. The van der Waals surface area contributed by atoms with E-state index < -0.39 is 74.3 Å². The van der Waals surface area contributed by atoms with Crippen LogP contribution < -0.4 is 26.0 Å². The third-order valence-electron chi connectivity index (χ3n) is 15.4. The number of likely N-dealkylation sites (tertiary alicyclic amines) is 1. The van der Waals surface area contributed by atoms with Gasteiger partial charge in [-0.25, -0.2) is 17.9 Å². The molecule has 7 rings (SSSR count). The predicted molar refractivity (Wildman–Crippen MR) is 229 cm³/mol. The number of H-pyrrole nitrogens is 1. The molecule has 4 aliphatic carbocycles. The number of carbonyl (C=O) groups is 5. The zero-order valence-electron chi connectivity index (χ0n) is 37.0. The molecule has 6 atom stereocenters. The molecule has 1 saturated heterocycles. The van der Waals surface area contributed by atoms with Crippen molar-refractivity contribution in [2.45, 2.75) is 167 Å². The maximum atomic E-state index is 15.2. The Morgan fingerprint density at radius 2 is 1.58 bits per heavy atom. The summed E-state index contributed by atoms with van der Waals surface area (Å²) < 4.78 is 29.7. The van der Waals surface area contributed by atoms with E-state index in [-0.39, 0.29) is 39.4 Å². The molecule has 60 heavy (non-hydrogen) atoms. The smallest absolute Gasteiger partial charge is 0.315 e. The fraction of sp³-hybridized carbons (Fsp3) is 0.711. The van der Waals surface area contributed by atoms with E-state index >= 15 is 4.79 Å². The molecule has 1 aliphatic heterocycles. The SMILES string of the molecule is CC[C@@H]1C[C@]1(NC(=O)[C@@H]1CC2(CN1C(=O)[C@@H](NC(=O)[C@@H](NC(=O)NC(C)(C)C)C1CCCCC1)C(C)(C)C)C(C)(C)C21CCC1)C(=O)NS(=O)(=O)c1cccc2cc[nH]c12. The second kappa shape index (κ2) is 15.0. The molecule has 0 bridgehead atoms. The summed E-state index contributed by atoms with van der Waals surface area (Å²) in [4.78, 5) is 76.4. The van der Waals surface area contributed by atoms with Crippen molar-refractivity contribution in [3.8, 4) is 0 Å². The molecular formula is C45H67N7O7S. The van der Waals surface area contributed by atoms with Crippen LogP contribution in [-0.2, 0) is 29.2 Å². The first-order valence-corrected chi connectivity index (χ1v) is 23.6. The molecule has 2 spiro atoms. The minimum atomic E-state index is -4.33. The number of carbonyl (C=O) groups excluding carboxylic acids is 5. The number of nitrogens with one attached hydrogen (secondary N) is 6. The Morgan fingerprint density at radius 3 is 2.15 bits per heavy atom. The highest BCUT2D eigenvalue weighted by Crippen LogP contribution is 2.88. The van der Waals surface area contributed by atoms with Crippen LogP contribution in [0.4, 0.5) is 4.79 Å². The lowest BCUT2D eigenvalue weighted by atomic mass is 9.73. The molecular weight excluding hydrogens is 783 g/mol. The fourth-order valence-electron chi connectivity index (χ4n) is 11.7. The molecule has 0 radical (unpaired) electrons. The topological polar surface area (TPSA) is 199 Å². The van der Waals surface area contributed by atoms with Crippen molar-refractivity contribution in [2.24, 2.45) is 33.5 Å². The average molecular weight is 850 g/mol. The zero-order valence-corrected chi connectivity index (χ0v) is 37.8. The van der Waals surface area contributed by atoms with Crippen LogP contribution in [0.25, 0.3) is 10.9 Å². The number of aromatic amines is 1. The van der Waals surface area contributed by atoms with Crippen LogP contribution in [0.3, 0.4) is 0 Å². The first-order valence-electron chi connectivity index (χ1n) is 22.1.